The number of likely N-dealkylation sites (tertiary alicyclic amines) is 1. The highest BCUT2D eigenvalue weighted by Gasteiger charge is 2.29. The van der Waals surface area contributed by atoms with E-state index >= 15 is 0 Å². The SMILES string of the molecule is CCOC(=O)C1CCCN(C(=O)c2ccc(Nc3cc(-c4ccccc4)nc4cc(C)nn34)cc2)C1. The molecule has 184 valence electrons. The summed E-state index contributed by atoms with van der Waals surface area (Å²) in [4.78, 5) is 31.8. The minimum atomic E-state index is -0.256. The van der Waals surface area contributed by atoms with Gasteiger partial charge in [-0.1, -0.05) is 30.3 Å². The molecule has 1 aliphatic heterocycles. The van der Waals surface area contributed by atoms with Gasteiger partial charge < -0.3 is 15.0 Å². The van der Waals surface area contributed by atoms with Gasteiger partial charge in [-0.2, -0.15) is 9.61 Å². The molecule has 1 N–H and O–H groups in total. The van der Waals surface area contributed by atoms with Crippen molar-refractivity contribution in [3.05, 3.63) is 78.0 Å². The third kappa shape index (κ3) is 4.93. The summed E-state index contributed by atoms with van der Waals surface area (Å²) in [7, 11) is 0. The van der Waals surface area contributed by atoms with Crippen LogP contribution in [0.4, 0.5) is 11.5 Å². The average molecular weight is 484 g/mol. The van der Waals surface area contributed by atoms with Crippen molar-refractivity contribution in [1.82, 2.24) is 19.5 Å². The second-order valence-electron chi connectivity index (χ2n) is 8.99. The lowest BCUT2D eigenvalue weighted by Crippen LogP contribution is -2.42. The number of hydrogen-bond donors (Lipinski definition) is 1. The van der Waals surface area contributed by atoms with Gasteiger partial charge in [-0.05, 0) is 51.0 Å². The lowest BCUT2D eigenvalue weighted by Gasteiger charge is -2.31. The Bertz CT molecular complexity index is 1380. The standard InChI is InChI=1S/C28H29N5O3/c1-3-36-28(35)22-10-7-15-32(18-22)27(34)21-11-13-23(14-12-21)29-26-17-24(20-8-5-4-6-9-20)30-25-16-19(2)31-33(25)26/h4-6,8-9,11-14,16-17,22,29H,3,7,10,15,18H2,1-2H3. The fourth-order valence-electron chi connectivity index (χ4n) is 4.58. The van der Waals surface area contributed by atoms with Gasteiger partial charge in [-0.25, -0.2) is 4.98 Å². The Balaban J connectivity index is 1.35. The largest absolute Gasteiger partial charge is 0.466 e. The Kier molecular flexibility index (Phi) is 6.66. The molecule has 0 aliphatic carbocycles. The van der Waals surface area contributed by atoms with Crippen LogP contribution in [0.5, 0.6) is 0 Å². The Hall–Kier alpha value is -4.20. The number of hydrogen-bond acceptors (Lipinski definition) is 6. The number of nitrogens with zero attached hydrogens (tertiary/aromatic N) is 4. The molecule has 1 aliphatic rings. The van der Waals surface area contributed by atoms with Gasteiger partial charge in [0.15, 0.2) is 5.65 Å². The number of fused-ring (bicyclic) bond motifs is 1. The quantitative estimate of drug-likeness (QED) is 0.394. The summed E-state index contributed by atoms with van der Waals surface area (Å²) in [6.45, 7) is 5.13. The van der Waals surface area contributed by atoms with E-state index in [4.69, 9.17) is 9.72 Å². The molecule has 1 atom stereocenters. The maximum atomic E-state index is 13.1. The summed E-state index contributed by atoms with van der Waals surface area (Å²) in [6, 6.07) is 21.3. The third-order valence-electron chi connectivity index (χ3n) is 6.35. The number of piperidine rings is 1. The number of aryl methyl sites for hydroxylation is 1. The van der Waals surface area contributed by atoms with Gasteiger partial charge in [0.2, 0.25) is 0 Å². The molecule has 1 amide bonds. The van der Waals surface area contributed by atoms with Crippen molar-refractivity contribution in [2.24, 2.45) is 5.92 Å². The molecular formula is C28H29N5O3. The molecule has 5 rings (SSSR count). The van der Waals surface area contributed by atoms with Crippen LogP contribution in [0.15, 0.2) is 66.7 Å². The highest BCUT2D eigenvalue weighted by Crippen LogP contribution is 2.26. The maximum absolute atomic E-state index is 13.1. The van der Waals surface area contributed by atoms with Crippen molar-refractivity contribution in [3.8, 4) is 11.3 Å². The first-order valence-corrected chi connectivity index (χ1v) is 12.3. The highest BCUT2D eigenvalue weighted by atomic mass is 16.5. The van der Waals surface area contributed by atoms with Crippen LogP contribution in [0.25, 0.3) is 16.9 Å². The molecule has 8 nitrogen and oxygen atoms in total. The van der Waals surface area contributed by atoms with Crippen molar-refractivity contribution in [3.63, 3.8) is 0 Å². The topological polar surface area (TPSA) is 88.8 Å². The molecule has 2 aromatic heterocycles. The fourth-order valence-corrected chi connectivity index (χ4v) is 4.58. The van der Waals surface area contributed by atoms with Crippen molar-refractivity contribution in [2.75, 3.05) is 25.0 Å². The summed E-state index contributed by atoms with van der Waals surface area (Å²) < 4.78 is 6.94. The number of rotatable bonds is 6. The molecule has 1 fully saturated rings. The van der Waals surface area contributed by atoms with E-state index in [9.17, 15) is 9.59 Å². The van der Waals surface area contributed by atoms with Gasteiger partial charge in [0.25, 0.3) is 5.91 Å². The predicted molar refractivity (Wildman–Crippen MR) is 138 cm³/mol. The van der Waals surface area contributed by atoms with E-state index in [0.717, 1.165) is 46.9 Å². The molecule has 8 heteroatoms. The normalized spacial score (nSPS) is 15.6. The second kappa shape index (κ2) is 10.2. The molecule has 2 aromatic carbocycles. The van der Waals surface area contributed by atoms with E-state index in [-0.39, 0.29) is 17.8 Å². The summed E-state index contributed by atoms with van der Waals surface area (Å²) in [5, 5.41) is 8.01. The van der Waals surface area contributed by atoms with E-state index in [1.54, 1.807) is 16.3 Å². The molecule has 0 spiro atoms. The molecule has 3 heterocycles. The number of ether oxygens (including phenoxy) is 1. The Morgan fingerprint density at radius 3 is 2.61 bits per heavy atom. The minimum absolute atomic E-state index is 0.0732. The molecule has 0 saturated carbocycles. The lowest BCUT2D eigenvalue weighted by atomic mass is 9.97. The Morgan fingerprint density at radius 1 is 1.08 bits per heavy atom. The number of esters is 1. The zero-order chi connectivity index (χ0) is 25.1. The Morgan fingerprint density at radius 2 is 1.86 bits per heavy atom. The number of anilines is 2. The van der Waals surface area contributed by atoms with Crippen LogP contribution in [0, 0.1) is 12.8 Å². The van der Waals surface area contributed by atoms with E-state index in [2.05, 4.69) is 10.4 Å². The zero-order valence-electron chi connectivity index (χ0n) is 20.5. The smallest absolute Gasteiger partial charge is 0.310 e. The fraction of sp³-hybridized carbons (Fsp3) is 0.286. The van der Waals surface area contributed by atoms with Crippen molar-refractivity contribution in [2.45, 2.75) is 26.7 Å². The summed E-state index contributed by atoms with van der Waals surface area (Å²) in [5.74, 6) is 0.228. The minimum Gasteiger partial charge on any atom is -0.466 e. The van der Waals surface area contributed by atoms with E-state index in [0.29, 0.717) is 25.3 Å². The number of carbonyl (C=O) groups excluding carboxylic acids is 2. The monoisotopic (exact) mass is 483 g/mol. The first-order valence-electron chi connectivity index (χ1n) is 12.3. The summed E-state index contributed by atoms with van der Waals surface area (Å²) in [6.07, 6.45) is 1.55. The van der Waals surface area contributed by atoms with Crippen molar-refractivity contribution < 1.29 is 14.3 Å². The average Bonchev–Trinajstić information content (AvgIpc) is 3.30. The number of aromatic nitrogens is 3. The van der Waals surface area contributed by atoms with Gasteiger partial charge in [-0.3, -0.25) is 9.59 Å². The molecule has 0 bridgehead atoms. The molecule has 1 saturated heterocycles. The third-order valence-corrected chi connectivity index (χ3v) is 6.35. The first kappa shape index (κ1) is 23.5. The number of nitrogens with one attached hydrogen (secondary N) is 1. The molecule has 4 aromatic rings. The van der Waals surface area contributed by atoms with E-state index in [1.807, 2.05) is 73.7 Å². The van der Waals surface area contributed by atoms with Gasteiger partial charge in [0, 0.05) is 42.0 Å². The van der Waals surface area contributed by atoms with Gasteiger partial charge in [0.1, 0.15) is 5.82 Å². The van der Waals surface area contributed by atoms with Crippen LogP contribution in [-0.2, 0) is 9.53 Å². The van der Waals surface area contributed by atoms with Crippen molar-refractivity contribution >= 4 is 29.0 Å². The number of amides is 1. The molecule has 1 unspecified atom stereocenters. The van der Waals surface area contributed by atoms with E-state index < -0.39 is 0 Å². The number of benzene rings is 2. The van der Waals surface area contributed by atoms with Gasteiger partial charge in [0.05, 0.1) is 23.9 Å². The van der Waals surface area contributed by atoms with Crippen LogP contribution >= 0.6 is 0 Å². The number of carbonyl (C=O) groups is 2. The van der Waals surface area contributed by atoms with Crippen molar-refractivity contribution in [1.29, 1.82) is 0 Å². The first-order chi connectivity index (χ1) is 17.5. The van der Waals surface area contributed by atoms with Crippen LogP contribution < -0.4 is 5.32 Å². The second-order valence-corrected chi connectivity index (χ2v) is 8.99. The highest BCUT2D eigenvalue weighted by molar-refractivity contribution is 5.95. The van der Waals surface area contributed by atoms with Crippen LogP contribution in [-0.4, -0.2) is 51.1 Å². The summed E-state index contributed by atoms with van der Waals surface area (Å²) in [5.41, 5.74) is 4.91. The molecule has 0 radical (unpaired) electrons. The molecular weight excluding hydrogens is 454 g/mol. The van der Waals surface area contributed by atoms with Gasteiger partial charge >= 0.3 is 5.97 Å². The predicted octanol–water partition coefficient (Wildman–Crippen LogP) is 4.86. The van der Waals surface area contributed by atoms with Crippen LogP contribution in [0.2, 0.25) is 0 Å². The zero-order valence-corrected chi connectivity index (χ0v) is 20.5. The lowest BCUT2D eigenvalue weighted by molar-refractivity contribution is -0.149. The Labute approximate surface area is 209 Å². The maximum Gasteiger partial charge on any atom is 0.310 e. The van der Waals surface area contributed by atoms with Gasteiger partial charge in [-0.15, -0.1) is 0 Å². The van der Waals surface area contributed by atoms with E-state index in [1.165, 1.54) is 0 Å². The molecule has 36 heavy (non-hydrogen) atoms. The van der Waals surface area contributed by atoms with Crippen LogP contribution in [0.3, 0.4) is 0 Å². The van der Waals surface area contributed by atoms with Crippen LogP contribution in [0.1, 0.15) is 35.8 Å². The summed E-state index contributed by atoms with van der Waals surface area (Å²) >= 11 is 0.